The van der Waals surface area contributed by atoms with E-state index in [4.69, 9.17) is 19.3 Å². The van der Waals surface area contributed by atoms with Crippen molar-refractivity contribution in [2.75, 3.05) is 21.3 Å². The van der Waals surface area contributed by atoms with Gasteiger partial charge in [0.05, 0.1) is 21.3 Å². The van der Waals surface area contributed by atoms with E-state index in [0.29, 0.717) is 0 Å². The van der Waals surface area contributed by atoms with Gasteiger partial charge in [-0.2, -0.15) is 8.78 Å². The van der Waals surface area contributed by atoms with E-state index in [2.05, 4.69) is 0 Å². The molecule has 1 aromatic carbocycles. The van der Waals surface area contributed by atoms with Gasteiger partial charge in [0.1, 0.15) is 5.75 Å². The number of ether oxygens (including phenoxy) is 3. The van der Waals surface area contributed by atoms with Gasteiger partial charge in [0.2, 0.25) is 0 Å². The average molecular weight is 292 g/mol. The fourth-order valence-electron chi connectivity index (χ4n) is 1.58. The van der Waals surface area contributed by atoms with Gasteiger partial charge in [0.15, 0.2) is 17.6 Å². The molecule has 0 aliphatic heterocycles. The third-order valence-electron chi connectivity index (χ3n) is 2.66. The minimum Gasteiger partial charge on any atom is -0.496 e. The van der Waals surface area contributed by atoms with E-state index in [0.717, 1.165) is 6.07 Å². The molecule has 0 saturated heterocycles. The van der Waals surface area contributed by atoms with Gasteiger partial charge in [0.25, 0.3) is 0 Å². The SMILES string of the molecule is COc1cc(OC)c(C(O)C(F)(F)C(=O)O)cc1OC. The number of aliphatic hydroxyl groups is 1. The number of methoxy groups -OCH3 is 3. The number of alkyl halides is 2. The minimum atomic E-state index is -4.37. The zero-order chi connectivity index (χ0) is 15.5. The first-order chi connectivity index (χ1) is 9.29. The Kier molecular flexibility index (Phi) is 4.72. The number of hydrogen-bond donors (Lipinski definition) is 2. The zero-order valence-corrected chi connectivity index (χ0v) is 11.0. The fourth-order valence-corrected chi connectivity index (χ4v) is 1.58. The number of hydrogen-bond acceptors (Lipinski definition) is 5. The first-order valence-corrected chi connectivity index (χ1v) is 5.38. The van der Waals surface area contributed by atoms with Gasteiger partial charge in [-0.05, 0) is 6.07 Å². The lowest BCUT2D eigenvalue weighted by atomic mass is 10.0. The van der Waals surface area contributed by atoms with Crippen LogP contribution in [-0.2, 0) is 4.79 Å². The second kappa shape index (κ2) is 5.91. The molecule has 0 aromatic heterocycles. The molecule has 0 spiro atoms. The molecular formula is C12H14F2O6. The number of aliphatic carboxylic acids is 1. The maximum Gasteiger partial charge on any atom is 0.377 e. The van der Waals surface area contributed by atoms with E-state index in [1.807, 2.05) is 0 Å². The lowest BCUT2D eigenvalue weighted by Gasteiger charge is -2.22. The topological polar surface area (TPSA) is 85.2 Å². The summed E-state index contributed by atoms with van der Waals surface area (Å²) in [5, 5.41) is 18.1. The van der Waals surface area contributed by atoms with Gasteiger partial charge in [-0.1, -0.05) is 0 Å². The largest absolute Gasteiger partial charge is 0.496 e. The Morgan fingerprint density at radius 3 is 1.95 bits per heavy atom. The third-order valence-corrected chi connectivity index (χ3v) is 2.66. The maximum absolute atomic E-state index is 13.4. The highest BCUT2D eigenvalue weighted by Gasteiger charge is 2.49. The number of carboxylic acid groups (broad SMARTS) is 1. The van der Waals surface area contributed by atoms with Crippen LogP contribution in [0.15, 0.2) is 12.1 Å². The highest BCUT2D eigenvalue weighted by molar-refractivity contribution is 5.76. The van der Waals surface area contributed by atoms with Crippen LogP contribution in [0.1, 0.15) is 11.7 Å². The van der Waals surface area contributed by atoms with Crippen LogP contribution in [-0.4, -0.2) is 43.4 Å². The Hall–Kier alpha value is -2.09. The summed E-state index contributed by atoms with van der Waals surface area (Å²) in [4.78, 5) is 10.5. The highest BCUT2D eigenvalue weighted by Crippen LogP contribution is 2.42. The lowest BCUT2D eigenvalue weighted by Crippen LogP contribution is -2.35. The second-order valence-corrected chi connectivity index (χ2v) is 3.78. The van der Waals surface area contributed by atoms with E-state index in [-0.39, 0.29) is 17.2 Å². The number of benzene rings is 1. The molecule has 0 aliphatic rings. The molecule has 0 aliphatic carbocycles. The molecule has 6 nitrogen and oxygen atoms in total. The summed E-state index contributed by atoms with van der Waals surface area (Å²) in [6, 6.07) is 2.26. The molecule has 2 N–H and O–H groups in total. The number of carbonyl (C=O) groups is 1. The molecule has 0 radical (unpaired) electrons. The van der Waals surface area contributed by atoms with E-state index < -0.39 is 23.6 Å². The molecule has 20 heavy (non-hydrogen) atoms. The predicted molar refractivity (Wildman–Crippen MR) is 63.6 cm³/mol. The molecule has 0 fully saturated rings. The number of carboxylic acids is 1. The van der Waals surface area contributed by atoms with E-state index >= 15 is 0 Å². The lowest BCUT2D eigenvalue weighted by molar-refractivity contribution is -0.183. The van der Waals surface area contributed by atoms with Crippen molar-refractivity contribution in [1.82, 2.24) is 0 Å². The Morgan fingerprint density at radius 2 is 1.55 bits per heavy atom. The molecule has 1 unspecified atom stereocenters. The Balaban J connectivity index is 3.40. The molecule has 0 heterocycles. The summed E-state index contributed by atoms with van der Waals surface area (Å²) in [5.41, 5.74) is -0.419. The fraction of sp³-hybridized carbons (Fsp3) is 0.417. The third kappa shape index (κ3) is 2.74. The highest BCUT2D eigenvalue weighted by atomic mass is 19.3. The Labute approximate surface area is 113 Å². The number of rotatable bonds is 6. The Bertz CT molecular complexity index is 503. The van der Waals surface area contributed by atoms with Crippen LogP contribution in [0.5, 0.6) is 17.2 Å². The van der Waals surface area contributed by atoms with Crippen LogP contribution in [0.4, 0.5) is 8.78 Å². The Morgan fingerprint density at radius 1 is 1.10 bits per heavy atom. The van der Waals surface area contributed by atoms with Crippen LogP contribution < -0.4 is 14.2 Å². The van der Waals surface area contributed by atoms with Gasteiger partial charge in [-0.25, -0.2) is 4.79 Å². The smallest absolute Gasteiger partial charge is 0.377 e. The van der Waals surface area contributed by atoms with Crippen molar-refractivity contribution in [2.24, 2.45) is 0 Å². The quantitative estimate of drug-likeness (QED) is 0.825. The molecule has 1 atom stereocenters. The molecule has 1 rings (SSSR count). The van der Waals surface area contributed by atoms with Crippen molar-refractivity contribution in [3.8, 4) is 17.2 Å². The summed E-state index contributed by atoms with van der Waals surface area (Å²) in [6.07, 6.45) is -2.59. The van der Waals surface area contributed by atoms with Crippen molar-refractivity contribution in [3.05, 3.63) is 17.7 Å². The zero-order valence-electron chi connectivity index (χ0n) is 11.0. The molecule has 112 valence electrons. The summed E-state index contributed by atoms with van der Waals surface area (Å²) in [7, 11) is 3.80. The summed E-state index contributed by atoms with van der Waals surface area (Å²) < 4.78 is 41.5. The van der Waals surface area contributed by atoms with Gasteiger partial charge >= 0.3 is 11.9 Å². The van der Waals surface area contributed by atoms with Crippen molar-refractivity contribution >= 4 is 5.97 Å². The van der Waals surface area contributed by atoms with E-state index in [1.165, 1.54) is 27.4 Å². The molecule has 0 saturated carbocycles. The van der Waals surface area contributed by atoms with Crippen LogP contribution in [0, 0.1) is 0 Å². The first-order valence-electron chi connectivity index (χ1n) is 5.38. The van der Waals surface area contributed by atoms with Crippen molar-refractivity contribution < 1.29 is 38.0 Å². The number of aliphatic hydroxyl groups excluding tert-OH is 1. The monoisotopic (exact) mass is 292 g/mol. The summed E-state index contributed by atoms with van der Waals surface area (Å²) in [5.74, 6) is -6.70. The van der Waals surface area contributed by atoms with Crippen molar-refractivity contribution in [2.45, 2.75) is 12.0 Å². The standard InChI is InChI=1S/C12H14F2O6/c1-18-7-5-9(20-3)8(19-2)4-6(7)10(15)12(13,14)11(16)17/h4-5,10,15H,1-3H3,(H,16,17). The predicted octanol–water partition coefficient (Wildman–Crippen LogP) is 1.47. The van der Waals surface area contributed by atoms with Gasteiger partial charge in [-0.15, -0.1) is 0 Å². The molecule has 1 aromatic rings. The second-order valence-electron chi connectivity index (χ2n) is 3.78. The molecule has 0 amide bonds. The summed E-state index contributed by atoms with van der Waals surface area (Å²) >= 11 is 0. The number of halogens is 2. The van der Waals surface area contributed by atoms with Gasteiger partial charge in [0, 0.05) is 11.6 Å². The maximum atomic E-state index is 13.4. The van der Waals surface area contributed by atoms with Crippen LogP contribution >= 0.6 is 0 Å². The average Bonchev–Trinajstić information content (AvgIpc) is 2.44. The van der Waals surface area contributed by atoms with Crippen molar-refractivity contribution in [1.29, 1.82) is 0 Å². The minimum absolute atomic E-state index is 0.0588. The molecular weight excluding hydrogens is 278 g/mol. The van der Waals surface area contributed by atoms with Crippen LogP contribution in [0.2, 0.25) is 0 Å². The van der Waals surface area contributed by atoms with Crippen molar-refractivity contribution in [3.63, 3.8) is 0 Å². The molecule has 0 bridgehead atoms. The summed E-state index contributed by atoms with van der Waals surface area (Å²) in [6.45, 7) is 0. The normalized spacial score (nSPS) is 12.7. The van der Waals surface area contributed by atoms with E-state index in [1.54, 1.807) is 0 Å². The molecule has 8 heteroatoms. The first kappa shape index (κ1) is 16.0. The van der Waals surface area contributed by atoms with Crippen LogP contribution in [0.3, 0.4) is 0 Å². The van der Waals surface area contributed by atoms with Gasteiger partial charge in [-0.3, -0.25) is 0 Å². The van der Waals surface area contributed by atoms with Gasteiger partial charge < -0.3 is 24.4 Å². The van der Waals surface area contributed by atoms with E-state index in [9.17, 15) is 18.7 Å². The van der Waals surface area contributed by atoms with Crippen LogP contribution in [0.25, 0.3) is 0 Å².